The second-order valence-corrected chi connectivity index (χ2v) is 8.57. The molecule has 1 heterocycles. The molecule has 4 aromatic rings. The molecule has 0 aliphatic carbocycles. The van der Waals surface area contributed by atoms with Gasteiger partial charge in [0.2, 0.25) is 0 Å². The van der Waals surface area contributed by atoms with Crippen molar-refractivity contribution in [3.05, 3.63) is 98.8 Å². The number of imidazole rings is 1. The van der Waals surface area contributed by atoms with Crippen molar-refractivity contribution >= 4 is 40.1 Å². The van der Waals surface area contributed by atoms with E-state index in [-0.39, 0.29) is 11.9 Å². The first kappa shape index (κ1) is 21.4. The van der Waals surface area contributed by atoms with E-state index in [1.165, 1.54) is 0 Å². The van der Waals surface area contributed by atoms with Crippen LogP contribution in [0.4, 0.5) is 0 Å². The molecule has 0 bridgehead atoms. The number of nitrogens with one attached hydrogen (secondary N) is 1. The highest BCUT2D eigenvalue weighted by Gasteiger charge is 2.21. The highest BCUT2D eigenvalue weighted by molar-refractivity contribution is 6.36. The zero-order chi connectivity index (χ0) is 22.1. The van der Waals surface area contributed by atoms with Gasteiger partial charge in [0.05, 0.1) is 23.6 Å². The molecule has 6 heteroatoms. The monoisotopic (exact) mass is 451 g/mol. The van der Waals surface area contributed by atoms with Gasteiger partial charge >= 0.3 is 0 Å². The number of halogens is 2. The Bertz CT molecular complexity index is 1260. The van der Waals surface area contributed by atoms with Crippen molar-refractivity contribution in [2.24, 2.45) is 0 Å². The summed E-state index contributed by atoms with van der Waals surface area (Å²) in [6.45, 7) is 6.35. The Morgan fingerprint density at radius 3 is 2.45 bits per heavy atom. The van der Waals surface area contributed by atoms with Gasteiger partial charge in [-0.25, -0.2) is 4.98 Å². The molecule has 1 amide bonds. The van der Waals surface area contributed by atoms with Gasteiger partial charge in [0.15, 0.2) is 0 Å². The average molecular weight is 452 g/mol. The SMILES string of the molecule is Cc1ccc(C(=O)NC(C)c2nc3ccccc3n2Cc2c(Cl)cccc2Cl)c(C)c1. The number of nitrogens with zero attached hydrogens (tertiary/aromatic N) is 2. The molecule has 1 unspecified atom stereocenters. The number of aromatic nitrogens is 2. The Kier molecular flexibility index (Phi) is 6.03. The van der Waals surface area contributed by atoms with Crippen molar-refractivity contribution in [2.75, 3.05) is 0 Å². The number of hydrogen-bond donors (Lipinski definition) is 1. The Hall–Kier alpha value is -2.82. The number of para-hydroxylation sites is 2. The lowest BCUT2D eigenvalue weighted by Crippen LogP contribution is -2.29. The number of benzene rings is 3. The van der Waals surface area contributed by atoms with Crippen LogP contribution in [0.15, 0.2) is 60.7 Å². The molecule has 0 saturated heterocycles. The first-order valence-corrected chi connectivity index (χ1v) is 10.9. The number of amides is 1. The number of carbonyl (C=O) groups excluding carboxylic acids is 1. The smallest absolute Gasteiger partial charge is 0.252 e. The summed E-state index contributed by atoms with van der Waals surface area (Å²) in [6, 6.07) is 18.9. The van der Waals surface area contributed by atoms with Gasteiger partial charge in [-0.15, -0.1) is 0 Å². The van der Waals surface area contributed by atoms with E-state index in [1.54, 1.807) is 0 Å². The summed E-state index contributed by atoms with van der Waals surface area (Å²) in [5.41, 5.74) is 5.37. The summed E-state index contributed by atoms with van der Waals surface area (Å²) in [4.78, 5) is 17.8. The second-order valence-electron chi connectivity index (χ2n) is 7.76. The molecule has 0 aliphatic rings. The van der Waals surface area contributed by atoms with Crippen LogP contribution >= 0.6 is 23.2 Å². The Morgan fingerprint density at radius 2 is 1.74 bits per heavy atom. The molecule has 4 rings (SSSR count). The average Bonchev–Trinajstić information content (AvgIpc) is 3.09. The summed E-state index contributed by atoms with van der Waals surface area (Å²) < 4.78 is 2.06. The number of carbonyl (C=O) groups is 1. The van der Waals surface area contributed by atoms with Gasteiger partial charge in [-0.2, -0.15) is 0 Å². The van der Waals surface area contributed by atoms with E-state index in [0.717, 1.165) is 33.5 Å². The van der Waals surface area contributed by atoms with Gasteiger partial charge in [0, 0.05) is 21.2 Å². The third-order valence-electron chi connectivity index (χ3n) is 5.42. The van der Waals surface area contributed by atoms with Crippen LogP contribution in [0.1, 0.15) is 45.8 Å². The summed E-state index contributed by atoms with van der Waals surface area (Å²) in [7, 11) is 0. The fourth-order valence-electron chi connectivity index (χ4n) is 3.84. The summed E-state index contributed by atoms with van der Waals surface area (Å²) in [6.07, 6.45) is 0. The van der Waals surface area contributed by atoms with Crippen LogP contribution in [0.3, 0.4) is 0 Å². The molecule has 0 saturated carbocycles. The molecule has 0 spiro atoms. The van der Waals surface area contributed by atoms with Gasteiger partial charge in [-0.05, 0) is 56.7 Å². The van der Waals surface area contributed by atoms with Crippen molar-refractivity contribution in [1.82, 2.24) is 14.9 Å². The van der Waals surface area contributed by atoms with Crippen LogP contribution in [-0.4, -0.2) is 15.5 Å². The van der Waals surface area contributed by atoms with E-state index in [1.807, 2.05) is 81.4 Å². The number of aryl methyl sites for hydroxylation is 2. The topological polar surface area (TPSA) is 46.9 Å². The summed E-state index contributed by atoms with van der Waals surface area (Å²) >= 11 is 12.9. The van der Waals surface area contributed by atoms with E-state index in [9.17, 15) is 4.79 Å². The molecule has 3 aromatic carbocycles. The molecule has 158 valence electrons. The third kappa shape index (κ3) is 4.32. The molecule has 1 aromatic heterocycles. The van der Waals surface area contributed by atoms with Gasteiger partial charge in [0.1, 0.15) is 5.82 Å². The van der Waals surface area contributed by atoms with Crippen LogP contribution in [0.2, 0.25) is 10.0 Å². The summed E-state index contributed by atoms with van der Waals surface area (Å²) in [5, 5.41) is 4.30. The molecule has 4 nitrogen and oxygen atoms in total. The van der Waals surface area contributed by atoms with Crippen molar-refractivity contribution in [2.45, 2.75) is 33.4 Å². The highest BCUT2D eigenvalue weighted by Crippen LogP contribution is 2.29. The van der Waals surface area contributed by atoms with E-state index >= 15 is 0 Å². The standard InChI is InChI=1S/C25H23Cl2N3O/c1-15-11-12-18(16(2)13-15)25(31)28-17(3)24-29-22-9-4-5-10-23(22)30(24)14-19-20(26)7-6-8-21(19)27/h4-13,17H,14H2,1-3H3,(H,28,31). The van der Waals surface area contributed by atoms with Crippen LogP contribution in [0.25, 0.3) is 11.0 Å². The normalized spacial score (nSPS) is 12.2. The Labute approximate surface area is 191 Å². The molecule has 0 radical (unpaired) electrons. The maximum Gasteiger partial charge on any atom is 0.252 e. The Balaban J connectivity index is 1.71. The zero-order valence-corrected chi connectivity index (χ0v) is 19.1. The predicted molar refractivity (Wildman–Crippen MR) is 127 cm³/mol. The zero-order valence-electron chi connectivity index (χ0n) is 17.6. The maximum atomic E-state index is 13.0. The van der Waals surface area contributed by atoms with Gasteiger partial charge in [-0.1, -0.05) is 59.1 Å². The van der Waals surface area contributed by atoms with Crippen molar-refractivity contribution < 1.29 is 4.79 Å². The number of hydrogen-bond acceptors (Lipinski definition) is 2. The van der Waals surface area contributed by atoms with Crippen molar-refractivity contribution in [1.29, 1.82) is 0 Å². The fourth-order valence-corrected chi connectivity index (χ4v) is 4.36. The minimum absolute atomic E-state index is 0.126. The van der Waals surface area contributed by atoms with Gasteiger partial charge < -0.3 is 9.88 Å². The van der Waals surface area contributed by atoms with E-state index in [0.29, 0.717) is 22.2 Å². The molecule has 1 N–H and O–H groups in total. The minimum atomic E-state index is -0.318. The molecule has 31 heavy (non-hydrogen) atoms. The molecule has 0 fully saturated rings. The maximum absolute atomic E-state index is 13.0. The van der Waals surface area contributed by atoms with Crippen LogP contribution < -0.4 is 5.32 Å². The first-order valence-electron chi connectivity index (χ1n) is 10.1. The quantitative estimate of drug-likeness (QED) is 0.376. The third-order valence-corrected chi connectivity index (χ3v) is 6.13. The van der Waals surface area contributed by atoms with E-state index in [2.05, 4.69) is 9.88 Å². The molecule has 0 aliphatic heterocycles. The van der Waals surface area contributed by atoms with E-state index < -0.39 is 0 Å². The Morgan fingerprint density at radius 1 is 1.03 bits per heavy atom. The van der Waals surface area contributed by atoms with Crippen LogP contribution in [0.5, 0.6) is 0 Å². The lowest BCUT2D eigenvalue weighted by atomic mass is 10.0. The van der Waals surface area contributed by atoms with Gasteiger partial charge in [-0.3, -0.25) is 4.79 Å². The number of fused-ring (bicyclic) bond motifs is 1. The van der Waals surface area contributed by atoms with Crippen molar-refractivity contribution in [3.63, 3.8) is 0 Å². The second kappa shape index (κ2) is 8.74. The van der Waals surface area contributed by atoms with Gasteiger partial charge in [0.25, 0.3) is 5.91 Å². The lowest BCUT2D eigenvalue weighted by molar-refractivity contribution is 0.0937. The largest absolute Gasteiger partial charge is 0.342 e. The summed E-state index contributed by atoms with van der Waals surface area (Å²) in [5.74, 6) is 0.620. The molecular formula is C25H23Cl2N3O. The van der Waals surface area contributed by atoms with E-state index in [4.69, 9.17) is 28.2 Å². The lowest BCUT2D eigenvalue weighted by Gasteiger charge is -2.18. The first-order chi connectivity index (χ1) is 14.8. The van der Waals surface area contributed by atoms with Crippen LogP contribution in [-0.2, 0) is 6.54 Å². The highest BCUT2D eigenvalue weighted by atomic mass is 35.5. The fraction of sp³-hybridized carbons (Fsp3) is 0.200. The predicted octanol–water partition coefficient (Wildman–Crippen LogP) is 6.50. The minimum Gasteiger partial charge on any atom is -0.342 e. The van der Waals surface area contributed by atoms with Crippen LogP contribution in [0, 0.1) is 13.8 Å². The molecular weight excluding hydrogens is 429 g/mol. The number of rotatable bonds is 5. The van der Waals surface area contributed by atoms with Crippen molar-refractivity contribution in [3.8, 4) is 0 Å². The molecule has 1 atom stereocenters.